The van der Waals surface area contributed by atoms with E-state index < -0.39 is 11.7 Å². The van der Waals surface area contributed by atoms with E-state index in [2.05, 4.69) is 10.3 Å². The van der Waals surface area contributed by atoms with E-state index in [0.717, 1.165) is 31.7 Å². The Morgan fingerprint density at radius 3 is 2.55 bits per heavy atom. The fourth-order valence-corrected chi connectivity index (χ4v) is 3.97. The van der Waals surface area contributed by atoms with E-state index in [0.29, 0.717) is 11.0 Å². The van der Waals surface area contributed by atoms with E-state index in [1.54, 1.807) is 17.7 Å². The normalized spacial score (nSPS) is 15.2. The number of nitrogens with one attached hydrogen (secondary N) is 1. The molecule has 1 fully saturated rings. The van der Waals surface area contributed by atoms with Gasteiger partial charge in [0.05, 0.1) is 35.6 Å². The van der Waals surface area contributed by atoms with Crippen molar-refractivity contribution in [1.29, 1.82) is 0 Å². The average Bonchev–Trinajstić information content (AvgIpc) is 3.28. The molecule has 0 atom stereocenters. The van der Waals surface area contributed by atoms with E-state index in [1.807, 2.05) is 0 Å². The number of anilines is 2. The van der Waals surface area contributed by atoms with Gasteiger partial charge in [-0.1, -0.05) is 12.8 Å². The first-order valence-corrected chi connectivity index (χ1v) is 9.39. The summed E-state index contributed by atoms with van der Waals surface area (Å²) in [6.07, 6.45) is 0.914. The molecule has 154 valence electrons. The Balaban J connectivity index is 1.78. The lowest BCUT2D eigenvalue weighted by atomic mass is 10.1. The molecule has 1 aliphatic carbocycles. The number of hydrogen-bond donors (Lipinski definition) is 1. The van der Waals surface area contributed by atoms with Crippen LogP contribution in [0.15, 0.2) is 35.3 Å². The minimum Gasteiger partial charge on any atom is -0.497 e. The lowest BCUT2D eigenvalue weighted by Crippen LogP contribution is -2.24. The predicted molar refractivity (Wildman–Crippen MR) is 104 cm³/mol. The maximum Gasteiger partial charge on any atom is 0.418 e. The standard InChI is InChI=1S/C20H21F3N4O2/c1-26-17-11-24-18(10-16(17)27(19(26)28)12-5-3-4-6-12)25-15-8-7-13(29-2)9-14(15)20(21,22)23/h7-12H,3-6H2,1-2H3,(H,24,25). The van der Waals surface area contributed by atoms with Crippen molar-refractivity contribution in [2.45, 2.75) is 37.9 Å². The smallest absolute Gasteiger partial charge is 0.418 e. The monoisotopic (exact) mass is 406 g/mol. The van der Waals surface area contributed by atoms with Gasteiger partial charge in [0.1, 0.15) is 11.6 Å². The summed E-state index contributed by atoms with van der Waals surface area (Å²) in [5, 5.41) is 2.76. The Morgan fingerprint density at radius 1 is 1.17 bits per heavy atom. The summed E-state index contributed by atoms with van der Waals surface area (Å²) in [4.78, 5) is 16.9. The zero-order valence-electron chi connectivity index (χ0n) is 16.1. The second-order valence-corrected chi connectivity index (χ2v) is 7.24. The highest BCUT2D eigenvalue weighted by Crippen LogP contribution is 2.38. The minimum absolute atomic E-state index is 0.105. The van der Waals surface area contributed by atoms with E-state index in [4.69, 9.17) is 4.74 Å². The molecular formula is C20H21F3N4O2. The van der Waals surface area contributed by atoms with Crippen LogP contribution in [0.3, 0.4) is 0 Å². The average molecular weight is 406 g/mol. The quantitative estimate of drug-likeness (QED) is 0.687. The molecule has 1 saturated carbocycles. The molecular weight excluding hydrogens is 385 g/mol. The Morgan fingerprint density at radius 2 is 1.90 bits per heavy atom. The van der Waals surface area contributed by atoms with Crippen LogP contribution >= 0.6 is 0 Å². The third kappa shape index (κ3) is 3.45. The number of alkyl halides is 3. The van der Waals surface area contributed by atoms with Gasteiger partial charge in [0.15, 0.2) is 0 Å². The highest BCUT2D eigenvalue weighted by atomic mass is 19.4. The van der Waals surface area contributed by atoms with Crippen LogP contribution in [0.25, 0.3) is 11.0 Å². The van der Waals surface area contributed by atoms with Gasteiger partial charge in [0.2, 0.25) is 0 Å². The number of aryl methyl sites for hydroxylation is 1. The van der Waals surface area contributed by atoms with Crippen molar-refractivity contribution >= 4 is 22.5 Å². The number of pyridine rings is 1. The molecule has 2 aromatic heterocycles. The summed E-state index contributed by atoms with van der Waals surface area (Å²) in [5.74, 6) is 0.356. The maximum atomic E-state index is 13.5. The van der Waals surface area contributed by atoms with Crippen molar-refractivity contribution in [2.75, 3.05) is 12.4 Å². The minimum atomic E-state index is -4.56. The number of fused-ring (bicyclic) bond motifs is 1. The topological polar surface area (TPSA) is 61.1 Å². The molecule has 0 aliphatic heterocycles. The van der Waals surface area contributed by atoms with Crippen LogP contribution in [-0.2, 0) is 13.2 Å². The summed E-state index contributed by atoms with van der Waals surface area (Å²) in [6.45, 7) is 0. The first-order chi connectivity index (χ1) is 13.8. The summed E-state index contributed by atoms with van der Waals surface area (Å²) in [7, 11) is 2.99. The van der Waals surface area contributed by atoms with Gasteiger partial charge < -0.3 is 10.1 Å². The number of hydrogen-bond acceptors (Lipinski definition) is 4. The van der Waals surface area contributed by atoms with Gasteiger partial charge in [-0.2, -0.15) is 13.2 Å². The van der Waals surface area contributed by atoms with E-state index in [1.165, 1.54) is 30.0 Å². The van der Waals surface area contributed by atoms with Crippen LogP contribution in [0, 0.1) is 0 Å². The molecule has 1 N–H and O–H groups in total. The summed E-state index contributed by atoms with van der Waals surface area (Å²) >= 11 is 0. The van der Waals surface area contributed by atoms with E-state index in [9.17, 15) is 18.0 Å². The first kappa shape index (κ1) is 19.4. The predicted octanol–water partition coefficient (Wildman–Crippen LogP) is 4.62. The number of imidazole rings is 1. The molecule has 4 rings (SSSR count). The largest absolute Gasteiger partial charge is 0.497 e. The van der Waals surface area contributed by atoms with Crippen molar-refractivity contribution in [2.24, 2.45) is 7.05 Å². The number of rotatable bonds is 4. The highest BCUT2D eigenvalue weighted by molar-refractivity contribution is 5.79. The molecule has 0 bridgehead atoms. The second kappa shape index (κ2) is 7.13. The van der Waals surface area contributed by atoms with Crippen molar-refractivity contribution in [3.63, 3.8) is 0 Å². The molecule has 0 radical (unpaired) electrons. The number of benzene rings is 1. The number of halogens is 3. The van der Waals surface area contributed by atoms with Gasteiger partial charge in [0.25, 0.3) is 0 Å². The molecule has 0 unspecified atom stereocenters. The van der Waals surface area contributed by atoms with Crippen LogP contribution < -0.4 is 15.7 Å². The van der Waals surface area contributed by atoms with Crippen molar-refractivity contribution < 1.29 is 17.9 Å². The maximum absolute atomic E-state index is 13.5. The van der Waals surface area contributed by atoms with Gasteiger partial charge in [-0.3, -0.25) is 9.13 Å². The third-order valence-corrected chi connectivity index (χ3v) is 5.46. The van der Waals surface area contributed by atoms with E-state index >= 15 is 0 Å². The molecule has 0 amide bonds. The zero-order chi connectivity index (χ0) is 20.8. The van der Waals surface area contributed by atoms with Gasteiger partial charge in [-0.05, 0) is 31.0 Å². The Kier molecular flexibility index (Phi) is 4.76. The molecule has 1 aromatic carbocycles. The number of nitrogens with zero attached hydrogens (tertiary/aromatic N) is 3. The molecule has 2 heterocycles. The Hall–Kier alpha value is -2.97. The number of ether oxygens (including phenoxy) is 1. The summed E-state index contributed by atoms with van der Waals surface area (Å²) in [5.41, 5.74) is 0.212. The first-order valence-electron chi connectivity index (χ1n) is 9.39. The molecule has 0 saturated heterocycles. The van der Waals surface area contributed by atoms with Crippen molar-refractivity contribution in [1.82, 2.24) is 14.1 Å². The van der Waals surface area contributed by atoms with Crippen LogP contribution in [0.4, 0.5) is 24.7 Å². The Labute approximate surface area is 164 Å². The van der Waals surface area contributed by atoms with Crippen molar-refractivity contribution in [3.8, 4) is 5.75 Å². The molecule has 9 heteroatoms. The van der Waals surface area contributed by atoms with Crippen LogP contribution in [0.1, 0.15) is 37.3 Å². The van der Waals surface area contributed by atoms with Crippen LogP contribution in [-0.4, -0.2) is 21.2 Å². The fourth-order valence-electron chi connectivity index (χ4n) is 3.97. The van der Waals surface area contributed by atoms with E-state index in [-0.39, 0.29) is 29.0 Å². The SMILES string of the molecule is COc1ccc(Nc2cc3c(cn2)n(C)c(=O)n3C2CCCC2)c(C(F)(F)F)c1. The summed E-state index contributed by atoms with van der Waals surface area (Å²) < 4.78 is 48.6. The molecule has 3 aromatic rings. The summed E-state index contributed by atoms with van der Waals surface area (Å²) in [6, 6.07) is 5.44. The molecule has 29 heavy (non-hydrogen) atoms. The van der Waals surface area contributed by atoms with Crippen LogP contribution in [0.5, 0.6) is 5.75 Å². The fraction of sp³-hybridized carbons (Fsp3) is 0.400. The number of aromatic nitrogens is 3. The van der Waals surface area contributed by atoms with Gasteiger partial charge >= 0.3 is 11.9 Å². The third-order valence-electron chi connectivity index (χ3n) is 5.46. The second-order valence-electron chi connectivity index (χ2n) is 7.24. The van der Waals surface area contributed by atoms with Gasteiger partial charge in [-0.25, -0.2) is 9.78 Å². The van der Waals surface area contributed by atoms with Gasteiger partial charge in [0, 0.05) is 19.2 Å². The Bertz CT molecular complexity index is 1110. The van der Waals surface area contributed by atoms with Gasteiger partial charge in [-0.15, -0.1) is 0 Å². The number of methoxy groups -OCH3 is 1. The molecule has 6 nitrogen and oxygen atoms in total. The lowest BCUT2D eigenvalue weighted by molar-refractivity contribution is -0.137. The molecule has 1 aliphatic rings. The highest BCUT2D eigenvalue weighted by Gasteiger charge is 2.34. The van der Waals surface area contributed by atoms with Crippen molar-refractivity contribution in [3.05, 3.63) is 46.5 Å². The molecule has 0 spiro atoms. The zero-order valence-corrected chi connectivity index (χ0v) is 16.1. The van der Waals surface area contributed by atoms with Crippen LogP contribution in [0.2, 0.25) is 0 Å². The lowest BCUT2D eigenvalue weighted by Gasteiger charge is -2.16.